The Morgan fingerprint density at radius 1 is 1.00 bits per heavy atom. The zero-order chi connectivity index (χ0) is 19.6. The van der Waals surface area contributed by atoms with Gasteiger partial charge >= 0.3 is 0 Å². The van der Waals surface area contributed by atoms with Gasteiger partial charge in [-0.1, -0.05) is 35.0 Å². The number of rotatable bonds is 5. The van der Waals surface area contributed by atoms with Crippen molar-refractivity contribution in [2.24, 2.45) is 0 Å². The highest BCUT2D eigenvalue weighted by Gasteiger charge is 2.21. The standard InChI is InChI=1S/C23H26N2O2/c1-15(2)25(23(26)19-9-6-16(3)7-10-19)14-21-13-22(27-24-21)20-11-8-17(4)18(5)12-20/h6-13,15H,14H2,1-5H3. The van der Waals surface area contributed by atoms with E-state index in [1.807, 2.05) is 62.1 Å². The van der Waals surface area contributed by atoms with Crippen LogP contribution in [-0.4, -0.2) is 22.0 Å². The molecule has 0 radical (unpaired) electrons. The number of aromatic nitrogens is 1. The molecule has 0 spiro atoms. The monoisotopic (exact) mass is 362 g/mol. The first kappa shape index (κ1) is 18.9. The first-order chi connectivity index (χ1) is 12.8. The van der Waals surface area contributed by atoms with Crippen molar-refractivity contribution in [3.05, 3.63) is 76.5 Å². The van der Waals surface area contributed by atoms with Crippen molar-refractivity contribution in [1.82, 2.24) is 10.1 Å². The molecule has 2 aromatic carbocycles. The van der Waals surface area contributed by atoms with Gasteiger partial charge < -0.3 is 9.42 Å². The summed E-state index contributed by atoms with van der Waals surface area (Å²) < 4.78 is 5.54. The predicted octanol–water partition coefficient (Wildman–Crippen LogP) is 5.32. The molecule has 0 aliphatic rings. The number of amides is 1. The summed E-state index contributed by atoms with van der Waals surface area (Å²) in [4.78, 5) is 14.7. The SMILES string of the molecule is Cc1ccc(C(=O)N(Cc2cc(-c3ccc(C)c(C)c3)on2)C(C)C)cc1. The van der Waals surface area contributed by atoms with Gasteiger partial charge in [-0.15, -0.1) is 0 Å². The van der Waals surface area contributed by atoms with Crippen molar-refractivity contribution in [3.8, 4) is 11.3 Å². The number of benzene rings is 2. The molecule has 1 amide bonds. The molecule has 0 saturated carbocycles. The molecule has 0 fully saturated rings. The van der Waals surface area contributed by atoms with Gasteiger partial charge in [0.2, 0.25) is 0 Å². The van der Waals surface area contributed by atoms with E-state index >= 15 is 0 Å². The Morgan fingerprint density at radius 3 is 2.33 bits per heavy atom. The molecule has 1 aromatic heterocycles. The lowest BCUT2D eigenvalue weighted by molar-refractivity contribution is 0.0686. The third kappa shape index (κ3) is 4.27. The highest BCUT2D eigenvalue weighted by Crippen LogP contribution is 2.24. The van der Waals surface area contributed by atoms with Crippen LogP contribution < -0.4 is 0 Å². The van der Waals surface area contributed by atoms with Gasteiger partial charge in [0.25, 0.3) is 5.91 Å². The minimum atomic E-state index is 0.000676. The van der Waals surface area contributed by atoms with Gasteiger partial charge in [0, 0.05) is 23.2 Å². The summed E-state index contributed by atoms with van der Waals surface area (Å²) in [5.41, 5.74) is 6.02. The van der Waals surface area contributed by atoms with Crippen molar-refractivity contribution in [2.45, 2.75) is 47.2 Å². The van der Waals surface area contributed by atoms with E-state index in [-0.39, 0.29) is 11.9 Å². The lowest BCUT2D eigenvalue weighted by atomic mass is 10.0. The molecule has 140 valence electrons. The Balaban J connectivity index is 1.81. The zero-order valence-electron chi connectivity index (χ0n) is 16.6. The second kappa shape index (κ2) is 7.78. The number of aryl methyl sites for hydroxylation is 3. The van der Waals surface area contributed by atoms with E-state index in [1.165, 1.54) is 11.1 Å². The van der Waals surface area contributed by atoms with Gasteiger partial charge in [0.05, 0.1) is 6.54 Å². The fourth-order valence-electron chi connectivity index (χ4n) is 2.94. The van der Waals surface area contributed by atoms with Crippen LogP contribution in [0.25, 0.3) is 11.3 Å². The van der Waals surface area contributed by atoms with Crippen LogP contribution in [0.2, 0.25) is 0 Å². The zero-order valence-corrected chi connectivity index (χ0v) is 16.6. The maximum atomic E-state index is 12.9. The van der Waals surface area contributed by atoms with E-state index in [9.17, 15) is 4.79 Å². The highest BCUT2D eigenvalue weighted by molar-refractivity contribution is 5.94. The molecule has 0 aliphatic carbocycles. The fraction of sp³-hybridized carbons (Fsp3) is 0.304. The van der Waals surface area contributed by atoms with Gasteiger partial charge in [0.15, 0.2) is 5.76 Å². The van der Waals surface area contributed by atoms with Gasteiger partial charge in [0.1, 0.15) is 5.69 Å². The quantitative estimate of drug-likeness (QED) is 0.617. The topological polar surface area (TPSA) is 46.3 Å². The first-order valence-electron chi connectivity index (χ1n) is 9.26. The van der Waals surface area contributed by atoms with Gasteiger partial charge in [-0.05, 0) is 63.9 Å². The maximum absolute atomic E-state index is 12.9. The second-order valence-corrected chi connectivity index (χ2v) is 7.37. The molecule has 4 heteroatoms. The van der Waals surface area contributed by atoms with E-state index in [1.54, 1.807) is 0 Å². The van der Waals surface area contributed by atoms with Crippen molar-refractivity contribution in [3.63, 3.8) is 0 Å². The van der Waals surface area contributed by atoms with Gasteiger partial charge in [-0.3, -0.25) is 4.79 Å². The molecule has 3 rings (SSSR count). The predicted molar refractivity (Wildman–Crippen MR) is 108 cm³/mol. The third-order valence-corrected chi connectivity index (χ3v) is 4.87. The van der Waals surface area contributed by atoms with Crippen LogP contribution in [0.3, 0.4) is 0 Å². The number of nitrogens with zero attached hydrogens (tertiary/aromatic N) is 2. The van der Waals surface area contributed by atoms with Crippen LogP contribution in [0.15, 0.2) is 53.1 Å². The van der Waals surface area contributed by atoms with Gasteiger partial charge in [-0.2, -0.15) is 0 Å². The summed E-state index contributed by atoms with van der Waals surface area (Å²) in [7, 11) is 0. The molecule has 3 aromatic rings. The first-order valence-corrected chi connectivity index (χ1v) is 9.26. The molecule has 4 nitrogen and oxygen atoms in total. The van der Waals surface area contributed by atoms with Crippen molar-refractivity contribution in [1.29, 1.82) is 0 Å². The van der Waals surface area contributed by atoms with Gasteiger partial charge in [-0.25, -0.2) is 0 Å². The summed E-state index contributed by atoms with van der Waals surface area (Å²) in [6.45, 7) is 10.6. The summed E-state index contributed by atoms with van der Waals surface area (Å²) >= 11 is 0. The number of hydrogen-bond acceptors (Lipinski definition) is 3. The van der Waals surface area contributed by atoms with Crippen molar-refractivity contribution in [2.75, 3.05) is 0 Å². The Morgan fingerprint density at radius 2 is 1.70 bits per heavy atom. The molecule has 1 heterocycles. The largest absolute Gasteiger partial charge is 0.356 e. The smallest absolute Gasteiger partial charge is 0.254 e. The lowest BCUT2D eigenvalue weighted by Crippen LogP contribution is -2.36. The third-order valence-electron chi connectivity index (χ3n) is 4.87. The van der Waals surface area contributed by atoms with Crippen LogP contribution in [0.1, 0.15) is 46.6 Å². The average Bonchev–Trinajstić information content (AvgIpc) is 3.10. The average molecular weight is 362 g/mol. The van der Waals surface area contributed by atoms with Crippen LogP contribution in [0.5, 0.6) is 0 Å². The highest BCUT2D eigenvalue weighted by atomic mass is 16.5. The van der Waals surface area contributed by atoms with E-state index < -0.39 is 0 Å². The Hall–Kier alpha value is -2.88. The molecule has 0 N–H and O–H groups in total. The lowest BCUT2D eigenvalue weighted by Gasteiger charge is -2.26. The molecule has 0 unspecified atom stereocenters. The van der Waals surface area contributed by atoms with Crippen LogP contribution in [-0.2, 0) is 6.54 Å². The number of carbonyl (C=O) groups excluding carboxylic acids is 1. The minimum Gasteiger partial charge on any atom is -0.356 e. The summed E-state index contributed by atoms with van der Waals surface area (Å²) in [5.74, 6) is 0.723. The van der Waals surface area contributed by atoms with E-state index in [2.05, 4.69) is 31.1 Å². The van der Waals surface area contributed by atoms with Crippen LogP contribution >= 0.6 is 0 Å². The minimum absolute atomic E-state index is 0.000676. The molecule has 0 saturated heterocycles. The molecular weight excluding hydrogens is 336 g/mol. The molecular formula is C23H26N2O2. The normalized spacial score (nSPS) is 11.0. The summed E-state index contributed by atoms with van der Waals surface area (Å²) in [5, 5.41) is 4.19. The Kier molecular flexibility index (Phi) is 5.45. The Labute approximate surface area is 160 Å². The maximum Gasteiger partial charge on any atom is 0.254 e. The van der Waals surface area contributed by atoms with E-state index in [0.717, 1.165) is 22.6 Å². The molecule has 0 atom stereocenters. The second-order valence-electron chi connectivity index (χ2n) is 7.37. The number of carbonyl (C=O) groups is 1. The van der Waals surface area contributed by atoms with E-state index in [0.29, 0.717) is 12.1 Å². The molecule has 27 heavy (non-hydrogen) atoms. The number of hydrogen-bond donors (Lipinski definition) is 0. The Bertz CT molecular complexity index is 939. The van der Waals surface area contributed by atoms with Crippen molar-refractivity contribution < 1.29 is 9.32 Å². The summed E-state index contributed by atoms with van der Waals surface area (Å²) in [6.07, 6.45) is 0. The van der Waals surface area contributed by atoms with Crippen molar-refractivity contribution >= 4 is 5.91 Å². The van der Waals surface area contributed by atoms with Crippen LogP contribution in [0, 0.1) is 20.8 Å². The summed E-state index contributed by atoms with van der Waals surface area (Å²) in [6, 6.07) is 15.8. The fourth-order valence-corrected chi connectivity index (χ4v) is 2.94. The molecule has 0 bridgehead atoms. The molecule has 0 aliphatic heterocycles. The van der Waals surface area contributed by atoms with Crippen LogP contribution in [0.4, 0.5) is 0 Å². The van der Waals surface area contributed by atoms with E-state index in [4.69, 9.17) is 4.52 Å².